The number of rotatable bonds is 25. The van der Waals surface area contributed by atoms with E-state index in [0.29, 0.717) is 44.9 Å². The maximum Gasteiger partial charge on any atom is 0.305 e. The van der Waals surface area contributed by atoms with Gasteiger partial charge in [-0.25, -0.2) is 0 Å². The summed E-state index contributed by atoms with van der Waals surface area (Å²) in [5.74, 6) is -23.3. The van der Waals surface area contributed by atoms with Crippen molar-refractivity contribution < 1.29 is 102 Å². The average molecular weight is 1860 g/mol. The number of nitrogens with two attached hydrogens (primary N) is 3. The van der Waals surface area contributed by atoms with Crippen LogP contribution in [0, 0.1) is 23.7 Å². The largest absolute Gasteiger partial charge is 0.508 e. The maximum atomic E-state index is 15.4. The van der Waals surface area contributed by atoms with E-state index in [1.165, 1.54) is 52.0 Å². The fraction of sp³-hybridized carbons (Fsp3) is 0.457. The van der Waals surface area contributed by atoms with E-state index in [1.54, 1.807) is 127 Å². The Morgan fingerprint density at radius 1 is 0.429 bits per heavy atom. The molecule has 0 saturated carbocycles. The van der Waals surface area contributed by atoms with Gasteiger partial charge in [0.2, 0.25) is 100 Å². The van der Waals surface area contributed by atoms with E-state index in [0.717, 1.165) is 11.1 Å². The number of fused-ring (bicyclic) bond motifs is 1. The molecule has 40 nitrogen and oxygen atoms in total. The highest BCUT2D eigenvalue weighted by Crippen LogP contribution is 2.24. The number of hydrogen-bond acceptors (Lipinski definition) is 22. The zero-order valence-electron chi connectivity index (χ0n) is 75.8. The summed E-state index contributed by atoms with van der Waals surface area (Å²) < 4.78 is 0. The van der Waals surface area contributed by atoms with Crippen molar-refractivity contribution in [3.05, 3.63) is 162 Å². The molecule has 41 heteroatoms. The SMILES string of the molecule is CC(C)C[C@@H]1NC(=O)[C@H](Cc2c[nH]c3ccccc23)NC(=O)[C@H](CC(=O)O)NC(=O)[C@H](Cc2ccc(O)cc2)NC(=O)[C@H](Cc2ccccc2)NC(=O)CSC[C@@H](C(=O)N[C@@H](C)C(N)=O)NC(=O)[C@H](CO)NC(=O)[C@H](C(C)C)NC(=O)[C@H](CC(C)C)NC(=O)[C@H](CC(N)=O)NC(=O)[C@@H](C)NC(=O)[C@@H](CCN)NC(=O)[C@H](C(C)C)NC(=O)[C@H](Cc2ccc(-c3ccccc3)cc2)NC1=O. The number of nitrogens with one attached hydrogen (secondary N) is 16. The first-order chi connectivity index (χ1) is 63.0. The number of aliphatic carboxylic acids is 1. The molecule has 1 aromatic heterocycles. The number of thioether (sulfide) groups is 1. The lowest BCUT2D eigenvalue weighted by atomic mass is 9.97. The van der Waals surface area contributed by atoms with Gasteiger partial charge in [-0.3, -0.25) is 86.3 Å². The van der Waals surface area contributed by atoms with Crippen LogP contribution in [0.15, 0.2) is 140 Å². The molecule has 0 spiro atoms. The van der Waals surface area contributed by atoms with Crippen LogP contribution in [0.3, 0.4) is 0 Å². The van der Waals surface area contributed by atoms with Crippen LogP contribution in [0.25, 0.3) is 22.0 Å². The number of aliphatic hydroxyl groups is 1. The standard InChI is InChI=1S/C92H123N19O21S/c1-47(2)35-63-81(121)105-67(38-54-25-29-57(30-26-54)56-21-15-12-16-22-56)88(128)111-76(49(5)6)91(131)100-62(33-34-93)80(120)98-52(10)79(119)101-69(41-73(94)114)85(125)103-64(36-48(3)4)87(127)110-77(50(7)8)92(132)108-71(44-112)89(129)109-72(90(130)97-51(9)78(95)118)45-133-46-74(115)99-65(37-53-19-13-11-14-20-53)82(122)104-66(39-55-27-31-59(113)32-28-55)83(123)107-70(42-75(116)117)86(126)106-68(84(124)102-63)40-58-43-96-61-24-18-17-23-60(58)61/h11-32,43,47-52,62-72,76-77,96,112-113H,33-42,44-46,93H2,1-10H3,(H2,94,114)(H2,95,118)(H,97,130)(H,98,120)(H,99,115)(H,100,131)(H,101,119)(H,102,124)(H,103,125)(H,104,122)(H,105,121)(H,106,126)(H,107,123)(H,108,132)(H,109,129)(H,110,127)(H,111,128)(H,116,117)/t51-,52+,62+,63-,64-,65-,66-,67-,68-,69-,70-,71-,72-,76-,77-/m0/s1. The molecule has 1 saturated heterocycles. The number of hydrogen-bond donors (Lipinski definition) is 22. The monoisotopic (exact) mass is 1860 g/mol. The van der Waals surface area contributed by atoms with Crippen LogP contribution in [0.2, 0.25) is 0 Å². The van der Waals surface area contributed by atoms with Gasteiger partial charge in [0.15, 0.2) is 0 Å². The predicted octanol–water partition coefficient (Wildman–Crippen LogP) is -1.55. The number of benzene rings is 5. The second-order valence-electron chi connectivity index (χ2n) is 34.2. The fourth-order valence-electron chi connectivity index (χ4n) is 14.4. The highest BCUT2D eigenvalue weighted by molar-refractivity contribution is 8.00. The predicted molar refractivity (Wildman–Crippen MR) is 492 cm³/mol. The zero-order valence-corrected chi connectivity index (χ0v) is 76.6. The molecule has 6 aromatic rings. The van der Waals surface area contributed by atoms with Crippen LogP contribution >= 0.6 is 11.8 Å². The molecule has 0 unspecified atom stereocenters. The van der Waals surface area contributed by atoms with Crippen molar-refractivity contribution in [2.24, 2.45) is 40.9 Å². The van der Waals surface area contributed by atoms with Crippen LogP contribution in [-0.4, -0.2) is 242 Å². The van der Waals surface area contributed by atoms with Gasteiger partial charge in [-0.05, 0) is 115 Å². The van der Waals surface area contributed by atoms with Crippen molar-refractivity contribution in [2.45, 2.75) is 218 Å². The summed E-state index contributed by atoms with van der Waals surface area (Å²) >= 11 is 0.699. The van der Waals surface area contributed by atoms with Crippen molar-refractivity contribution in [1.82, 2.24) is 84.7 Å². The van der Waals surface area contributed by atoms with Gasteiger partial charge < -0.3 is 117 Å². The first-order valence-electron chi connectivity index (χ1n) is 43.8. The Balaban J connectivity index is 1.31. The van der Waals surface area contributed by atoms with E-state index in [4.69, 9.17) is 17.2 Å². The molecule has 718 valence electrons. The van der Waals surface area contributed by atoms with Gasteiger partial charge in [-0.15, -0.1) is 11.8 Å². The third-order valence-corrected chi connectivity index (χ3v) is 22.7. The lowest BCUT2D eigenvalue weighted by Crippen LogP contribution is -2.62. The minimum atomic E-state index is -2.07. The summed E-state index contributed by atoms with van der Waals surface area (Å²) in [6.45, 7) is 14.0. The topological polar surface area (TPSA) is 642 Å². The van der Waals surface area contributed by atoms with Crippen LogP contribution in [0.1, 0.15) is 124 Å². The Labute approximate surface area is 773 Å². The highest BCUT2D eigenvalue weighted by atomic mass is 32.2. The Morgan fingerprint density at radius 2 is 0.827 bits per heavy atom. The van der Waals surface area contributed by atoms with Crippen molar-refractivity contribution in [3.8, 4) is 16.9 Å². The number of para-hydroxylation sites is 1. The number of aliphatic hydroxyl groups excluding tert-OH is 1. The van der Waals surface area contributed by atoms with E-state index < -0.39 is 252 Å². The molecule has 25 N–H and O–H groups in total. The first-order valence-corrected chi connectivity index (χ1v) is 44.9. The summed E-state index contributed by atoms with van der Waals surface area (Å²) in [5.41, 5.74) is 21.0. The summed E-state index contributed by atoms with van der Waals surface area (Å²) in [7, 11) is 0. The van der Waals surface area contributed by atoms with Gasteiger partial charge in [-0.2, -0.15) is 0 Å². The molecule has 17 amide bonds. The third kappa shape index (κ3) is 33.8. The molecule has 5 aromatic carbocycles. The summed E-state index contributed by atoms with van der Waals surface area (Å²) in [5, 5.41) is 70.3. The second-order valence-corrected chi connectivity index (χ2v) is 35.3. The first kappa shape index (κ1) is 106. The number of carbonyl (C=O) groups excluding carboxylic acids is 17. The van der Waals surface area contributed by atoms with Crippen LogP contribution in [0.4, 0.5) is 0 Å². The molecule has 1 aliphatic heterocycles. The summed E-state index contributed by atoms with van der Waals surface area (Å²) in [6, 6.07) is 12.0. The van der Waals surface area contributed by atoms with E-state index in [2.05, 4.69) is 84.7 Å². The second kappa shape index (κ2) is 51.7. The number of H-pyrrole nitrogens is 1. The zero-order chi connectivity index (χ0) is 98.0. The van der Waals surface area contributed by atoms with Crippen LogP contribution < -0.4 is 97.0 Å². The minimum absolute atomic E-state index is 0.132. The van der Waals surface area contributed by atoms with Crippen LogP contribution in [0.5, 0.6) is 5.75 Å². The van der Waals surface area contributed by atoms with E-state index in [-0.39, 0.29) is 56.7 Å². The Morgan fingerprint density at radius 3 is 1.32 bits per heavy atom. The van der Waals surface area contributed by atoms with Crippen molar-refractivity contribution in [3.63, 3.8) is 0 Å². The number of carbonyl (C=O) groups is 18. The number of aromatic nitrogens is 1. The van der Waals surface area contributed by atoms with Gasteiger partial charge in [0, 0.05) is 48.5 Å². The maximum absolute atomic E-state index is 15.4. The van der Waals surface area contributed by atoms with Gasteiger partial charge in [0.1, 0.15) is 96.4 Å². The molecule has 133 heavy (non-hydrogen) atoms. The normalized spacial score (nSPS) is 23.5. The van der Waals surface area contributed by atoms with E-state index in [9.17, 15) is 72.9 Å². The number of aromatic hydroxyl groups is 1. The molecule has 0 aliphatic carbocycles. The Bertz CT molecular complexity index is 5080. The number of carboxylic acid groups (broad SMARTS) is 1. The molecule has 0 bridgehead atoms. The molecule has 2 heterocycles. The number of aromatic amines is 1. The Kier molecular flexibility index (Phi) is 41.3. The number of carboxylic acids is 1. The van der Waals surface area contributed by atoms with Crippen molar-refractivity contribution >= 4 is 129 Å². The smallest absolute Gasteiger partial charge is 0.305 e. The molecule has 0 radical (unpaired) electrons. The molecule has 7 rings (SSSR count). The van der Waals surface area contributed by atoms with Gasteiger partial charge in [-0.1, -0.05) is 171 Å². The van der Waals surface area contributed by atoms with Gasteiger partial charge in [0.05, 0.1) is 25.2 Å². The van der Waals surface area contributed by atoms with Crippen LogP contribution in [-0.2, 0) is 112 Å². The van der Waals surface area contributed by atoms with Gasteiger partial charge in [0.25, 0.3) is 0 Å². The average Bonchev–Trinajstić information content (AvgIpc) is 1.81. The molecule has 1 fully saturated rings. The van der Waals surface area contributed by atoms with Crippen molar-refractivity contribution in [1.29, 1.82) is 0 Å². The number of phenolic OH excluding ortho intramolecular Hbond substituents is 1. The number of amides is 17. The minimum Gasteiger partial charge on any atom is -0.508 e. The molecular formula is C92H123N19O21S. The molecule has 15 atom stereocenters. The quantitative estimate of drug-likeness (QED) is 0.0308. The Hall–Kier alpha value is -13.8. The van der Waals surface area contributed by atoms with Gasteiger partial charge >= 0.3 is 5.97 Å². The lowest BCUT2D eigenvalue weighted by molar-refractivity contribution is -0.141. The molecule has 1 aliphatic rings. The number of primary amides is 2. The highest BCUT2D eigenvalue weighted by Gasteiger charge is 2.41. The summed E-state index contributed by atoms with van der Waals surface area (Å²) in [6.07, 6.45) is -2.33. The lowest BCUT2D eigenvalue weighted by Gasteiger charge is -2.29. The van der Waals surface area contributed by atoms with E-state index in [1.807, 2.05) is 30.3 Å². The number of phenols is 1. The van der Waals surface area contributed by atoms with Crippen molar-refractivity contribution in [2.75, 3.05) is 24.7 Å². The molecular weight excluding hydrogens is 1740 g/mol. The fourth-order valence-corrected chi connectivity index (χ4v) is 15.2. The van der Waals surface area contributed by atoms with E-state index >= 15 is 28.8 Å². The summed E-state index contributed by atoms with van der Waals surface area (Å²) in [4.78, 5) is 261. The third-order valence-electron chi connectivity index (χ3n) is 21.6.